The molecule has 1 heterocycles. The van der Waals surface area contributed by atoms with Crippen molar-refractivity contribution in [1.29, 1.82) is 0 Å². The Labute approximate surface area is 102 Å². The van der Waals surface area contributed by atoms with Crippen LogP contribution in [0, 0.1) is 0 Å². The van der Waals surface area contributed by atoms with Crippen LogP contribution in [0.4, 0.5) is 0 Å². The van der Waals surface area contributed by atoms with E-state index in [2.05, 4.69) is 12.1 Å². The molecule has 1 fully saturated rings. The molecule has 0 amide bonds. The molecule has 1 aromatic rings. The van der Waals surface area contributed by atoms with Crippen molar-refractivity contribution in [3.05, 3.63) is 35.9 Å². The Balaban J connectivity index is 1.80. The first-order valence-corrected chi connectivity index (χ1v) is 7.65. The molecule has 3 N–H and O–H groups in total. The molecule has 2 atom stereocenters. The molecule has 0 saturated carbocycles. The van der Waals surface area contributed by atoms with Crippen molar-refractivity contribution in [2.45, 2.75) is 18.6 Å². The largest absolute Gasteiger partial charge is 0.386 e. The molecule has 17 heavy (non-hydrogen) atoms. The number of sulfone groups is 1. The van der Waals surface area contributed by atoms with Crippen LogP contribution in [0.5, 0.6) is 0 Å². The van der Waals surface area contributed by atoms with E-state index >= 15 is 0 Å². The Hall–Kier alpha value is -0.910. The summed E-state index contributed by atoms with van der Waals surface area (Å²) in [5, 5.41) is 11.6. The maximum Gasteiger partial charge on any atom is 0.159 e. The van der Waals surface area contributed by atoms with Gasteiger partial charge in [0.1, 0.15) is 17.9 Å². The second-order valence-corrected chi connectivity index (χ2v) is 6.72. The number of aliphatic hydroxyl groups excluding tert-OH is 1. The number of hydrogen-bond acceptors (Lipinski definition) is 3. The Bertz CT molecular complexity index is 458. The Morgan fingerprint density at radius 2 is 1.94 bits per heavy atom. The highest BCUT2D eigenvalue weighted by molar-refractivity contribution is 7.91. The zero-order chi connectivity index (χ0) is 12.3. The summed E-state index contributed by atoms with van der Waals surface area (Å²) in [5.41, 5.74) is 1.24. The minimum absolute atomic E-state index is 0.0838. The fourth-order valence-corrected chi connectivity index (χ4v) is 4.04. The maximum absolute atomic E-state index is 11.3. The van der Waals surface area contributed by atoms with Crippen LogP contribution in [0.3, 0.4) is 0 Å². The Morgan fingerprint density at radius 3 is 2.53 bits per heavy atom. The minimum atomic E-state index is -3.02. The van der Waals surface area contributed by atoms with Crippen molar-refractivity contribution < 1.29 is 18.8 Å². The summed E-state index contributed by atoms with van der Waals surface area (Å²) < 4.78 is 22.6. The fraction of sp³-hybridized carbons (Fsp3) is 0.500. The van der Waals surface area contributed by atoms with Crippen LogP contribution in [0.15, 0.2) is 30.3 Å². The number of aliphatic hydroxyl groups is 1. The van der Waals surface area contributed by atoms with Crippen molar-refractivity contribution >= 4 is 9.84 Å². The second-order valence-electron chi connectivity index (χ2n) is 4.57. The molecule has 0 aliphatic carbocycles. The highest BCUT2D eigenvalue weighted by Crippen LogP contribution is 2.09. The molecule has 2 rings (SSSR count). The van der Waals surface area contributed by atoms with Crippen LogP contribution in [-0.4, -0.2) is 43.7 Å². The third-order valence-electron chi connectivity index (χ3n) is 3.11. The van der Waals surface area contributed by atoms with Gasteiger partial charge in [0, 0.05) is 6.42 Å². The molecule has 0 bridgehead atoms. The standard InChI is InChI=1S/C12H17NO3S/c14-12-9-17(15,16)8-11(12)13-7-6-10-4-2-1-3-5-10/h1-5,11-14H,6-9H2/p+1/t11-,12+/m0/s1. The predicted molar refractivity (Wildman–Crippen MR) is 65.4 cm³/mol. The highest BCUT2D eigenvalue weighted by Gasteiger charge is 2.38. The van der Waals surface area contributed by atoms with E-state index in [0.29, 0.717) is 0 Å². The van der Waals surface area contributed by atoms with E-state index in [4.69, 9.17) is 0 Å². The van der Waals surface area contributed by atoms with Gasteiger partial charge in [-0.1, -0.05) is 30.3 Å². The Morgan fingerprint density at radius 1 is 1.24 bits per heavy atom. The molecule has 1 aliphatic rings. The smallest absolute Gasteiger partial charge is 0.159 e. The molecule has 0 aromatic heterocycles. The van der Waals surface area contributed by atoms with Crippen molar-refractivity contribution in [2.75, 3.05) is 18.1 Å². The lowest BCUT2D eigenvalue weighted by molar-refractivity contribution is -0.690. The number of hydrogen-bond donors (Lipinski definition) is 2. The number of benzene rings is 1. The maximum atomic E-state index is 11.3. The fourth-order valence-electron chi connectivity index (χ4n) is 2.19. The summed E-state index contributed by atoms with van der Waals surface area (Å²) in [4.78, 5) is 0. The van der Waals surface area contributed by atoms with Gasteiger partial charge in [0.05, 0.1) is 12.3 Å². The zero-order valence-corrected chi connectivity index (χ0v) is 10.4. The van der Waals surface area contributed by atoms with Crippen LogP contribution >= 0.6 is 0 Å². The van der Waals surface area contributed by atoms with Gasteiger partial charge in [-0.2, -0.15) is 0 Å². The van der Waals surface area contributed by atoms with E-state index in [1.807, 2.05) is 23.5 Å². The molecule has 1 saturated heterocycles. The van der Waals surface area contributed by atoms with Gasteiger partial charge in [0.25, 0.3) is 0 Å². The third-order valence-corrected chi connectivity index (χ3v) is 4.85. The monoisotopic (exact) mass is 256 g/mol. The lowest BCUT2D eigenvalue weighted by Gasteiger charge is -2.11. The quantitative estimate of drug-likeness (QED) is 0.722. The van der Waals surface area contributed by atoms with E-state index in [9.17, 15) is 13.5 Å². The lowest BCUT2D eigenvalue weighted by Crippen LogP contribution is -2.93. The first kappa shape index (κ1) is 12.5. The molecule has 0 radical (unpaired) electrons. The minimum Gasteiger partial charge on any atom is -0.386 e. The summed E-state index contributed by atoms with van der Waals surface area (Å²) >= 11 is 0. The second kappa shape index (κ2) is 5.16. The topological polar surface area (TPSA) is 71.0 Å². The van der Waals surface area contributed by atoms with Gasteiger partial charge in [-0.25, -0.2) is 8.42 Å². The average molecular weight is 256 g/mol. The van der Waals surface area contributed by atoms with Crippen molar-refractivity contribution in [3.63, 3.8) is 0 Å². The average Bonchev–Trinajstić information content (AvgIpc) is 2.53. The van der Waals surface area contributed by atoms with Crippen LogP contribution in [0.2, 0.25) is 0 Å². The van der Waals surface area contributed by atoms with Crippen LogP contribution in [0.1, 0.15) is 5.56 Å². The normalized spacial score (nSPS) is 27.1. The zero-order valence-electron chi connectivity index (χ0n) is 9.62. The number of nitrogens with two attached hydrogens (primary N) is 1. The SMILES string of the molecule is O=S1(=O)C[C@@H](O)[C@@H]([NH2+]CCc2ccccc2)C1. The van der Waals surface area contributed by atoms with Gasteiger partial charge in [0.2, 0.25) is 0 Å². The summed E-state index contributed by atoms with van der Waals surface area (Å²) in [6.45, 7) is 0.807. The molecule has 1 aliphatic heterocycles. The van der Waals surface area contributed by atoms with E-state index < -0.39 is 15.9 Å². The van der Waals surface area contributed by atoms with Gasteiger partial charge in [-0.05, 0) is 5.56 Å². The van der Waals surface area contributed by atoms with Gasteiger partial charge in [-0.3, -0.25) is 0 Å². The predicted octanol–water partition coefficient (Wildman–Crippen LogP) is -1.05. The summed E-state index contributed by atoms with van der Waals surface area (Å²) in [6.07, 6.45) is 0.181. The molecular weight excluding hydrogens is 238 g/mol. The molecule has 5 heteroatoms. The van der Waals surface area contributed by atoms with E-state index in [0.717, 1.165) is 13.0 Å². The van der Waals surface area contributed by atoms with E-state index in [1.54, 1.807) is 0 Å². The summed E-state index contributed by atoms with van der Waals surface area (Å²) in [7, 11) is -3.02. The van der Waals surface area contributed by atoms with E-state index in [1.165, 1.54) is 5.56 Å². The number of quaternary nitrogens is 1. The van der Waals surface area contributed by atoms with Gasteiger partial charge >= 0.3 is 0 Å². The third kappa shape index (κ3) is 3.52. The molecule has 0 unspecified atom stereocenters. The first-order chi connectivity index (χ1) is 8.07. The van der Waals surface area contributed by atoms with Crippen LogP contribution < -0.4 is 5.32 Å². The van der Waals surface area contributed by atoms with Crippen molar-refractivity contribution in [1.82, 2.24) is 0 Å². The van der Waals surface area contributed by atoms with Crippen molar-refractivity contribution in [2.24, 2.45) is 0 Å². The lowest BCUT2D eigenvalue weighted by atomic mass is 10.1. The number of rotatable bonds is 4. The summed E-state index contributed by atoms with van der Waals surface area (Å²) in [5.74, 6) is 0.0163. The summed E-state index contributed by atoms with van der Waals surface area (Å²) in [6, 6.07) is 9.86. The molecular formula is C12H18NO3S+. The Kier molecular flexibility index (Phi) is 3.81. The molecule has 0 spiro atoms. The highest BCUT2D eigenvalue weighted by atomic mass is 32.2. The molecule has 4 nitrogen and oxygen atoms in total. The van der Waals surface area contributed by atoms with Crippen LogP contribution in [-0.2, 0) is 16.3 Å². The van der Waals surface area contributed by atoms with Crippen LogP contribution in [0.25, 0.3) is 0 Å². The van der Waals surface area contributed by atoms with Crippen molar-refractivity contribution in [3.8, 4) is 0 Å². The van der Waals surface area contributed by atoms with Gasteiger partial charge < -0.3 is 10.4 Å². The van der Waals surface area contributed by atoms with Gasteiger partial charge in [0.15, 0.2) is 9.84 Å². The van der Waals surface area contributed by atoms with E-state index in [-0.39, 0.29) is 17.5 Å². The molecule has 1 aromatic carbocycles. The molecule has 94 valence electrons. The first-order valence-electron chi connectivity index (χ1n) is 5.82. The van der Waals surface area contributed by atoms with Gasteiger partial charge in [-0.15, -0.1) is 0 Å².